The van der Waals surface area contributed by atoms with E-state index in [1.165, 1.54) is 51.4 Å². The van der Waals surface area contributed by atoms with Gasteiger partial charge in [-0.15, -0.1) is 0 Å². The maximum atomic E-state index is 10.3. The van der Waals surface area contributed by atoms with E-state index in [0.29, 0.717) is 16.9 Å². The number of aliphatic hydroxyl groups excluding tert-OH is 1. The second-order valence-corrected chi connectivity index (χ2v) is 13.2. The smallest absolute Gasteiger partial charge is 0.0840 e. The number of fused-ring (bicyclic) bond motifs is 5. The van der Waals surface area contributed by atoms with Crippen molar-refractivity contribution >= 4 is 0 Å². The molecule has 10 atom stereocenters. The summed E-state index contributed by atoms with van der Waals surface area (Å²) in [6, 6.07) is 0. The first-order valence-electron chi connectivity index (χ1n) is 13.7. The van der Waals surface area contributed by atoms with Crippen molar-refractivity contribution in [2.45, 2.75) is 111 Å². The van der Waals surface area contributed by atoms with Gasteiger partial charge in [0.1, 0.15) is 0 Å². The molecular weight excluding hydrogens is 380 g/mol. The van der Waals surface area contributed by atoms with E-state index < -0.39 is 0 Å². The summed E-state index contributed by atoms with van der Waals surface area (Å²) < 4.78 is 5.69. The average Bonchev–Trinajstić information content (AvgIpc) is 3.48. The van der Waals surface area contributed by atoms with E-state index in [4.69, 9.17) is 4.74 Å². The van der Waals surface area contributed by atoms with Crippen LogP contribution in [0, 0.1) is 52.3 Å². The summed E-state index contributed by atoms with van der Waals surface area (Å²) in [4.78, 5) is 0. The van der Waals surface area contributed by atoms with Gasteiger partial charge in [0.05, 0.1) is 18.8 Å². The van der Waals surface area contributed by atoms with Crippen molar-refractivity contribution in [3.63, 3.8) is 0 Å². The van der Waals surface area contributed by atoms with Gasteiger partial charge in [0.25, 0.3) is 0 Å². The molecular formula is C29H48O2. The van der Waals surface area contributed by atoms with Crippen LogP contribution < -0.4 is 0 Å². The van der Waals surface area contributed by atoms with Gasteiger partial charge in [-0.05, 0) is 110 Å². The Morgan fingerprint density at radius 2 is 1.81 bits per heavy atom. The molecule has 0 bridgehead atoms. The van der Waals surface area contributed by atoms with Crippen molar-refractivity contribution in [3.05, 3.63) is 11.6 Å². The van der Waals surface area contributed by atoms with Crippen molar-refractivity contribution < 1.29 is 9.84 Å². The van der Waals surface area contributed by atoms with Crippen LogP contribution in [0.1, 0.15) is 98.8 Å². The first-order chi connectivity index (χ1) is 14.7. The SMILES string of the molecule is CC(C)[C@@H](CC[C@@H](C)[C@H]1CCC2C3CC=C4C[C@@H](O)CC[C@]4(C)C3CC[C@@]21C)[C@@H]1CO1. The highest BCUT2D eigenvalue weighted by atomic mass is 16.6. The van der Waals surface area contributed by atoms with Gasteiger partial charge in [0.2, 0.25) is 0 Å². The molecule has 4 aliphatic carbocycles. The summed E-state index contributed by atoms with van der Waals surface area (Å²) in [5.74, 6) is 5.96. The van der Waals surface area contributed by atoms with Gasteiger partial charge in [-0.1, -0.05) is 52.7 Å². The Hall–Kier alpha value is -0.340. The highest BCUT2D eigenvalue weighted by molar-refractivity contribution is 5.25. The molecule has 1 heterocycles. The fourth-order valence-electron chi connectivity index (χ4n) is 9.52. The normalized spacial score (nSPS) is 48.4. The minimum Gasteiger partial charge on any atom is -0.393 e. The Morgan fingerprint density at radius 1 is 1.03 bits per heavy atom. The second-order valence-electron chi connectivity index (χ2n) is 13.2. The van der Waals surface area contributed by atoms with Gasteiger partial charge in [-0.25, -0.2) is 0 Å². The molecule has 4 fully saturated rings. The van der Waals surface area contributed by atoms with Crippen molar-refractivity contribution in [1.29, 1.82) is 0 Å². The zero-order valence-corrected chi connectivity index (χ0v) is 20.9. The molecule has 5 rings (SSSR count). The van der Waals surface area contributed by atoms with Crippen LogP contribution in [0.2, 0.25) is 0 Å². The Morgan fingerprint density at radius 3 is 2.52 bits per heavy atom. The lowest BCUT2D eigenvalue weighted by Gasteiger charge is -2.58. The maximum absolute atomic E-state index is 10.3. The fourth-order valence-corrected chi connectivity index (χ4v) is 9.52. The summed E-state index contributed by atoms with van der Waals surface area (Å²) in [6.45, 7) is 13.6. The van der Waals surface area contributed by atoms with E-state index >= 15 is 0 Å². The molecule has 31 heavy (non-hydrogen) atoms. The molecule has 1 N–H and O–H groups in total. The molecule has 5 aliphatic rings. The highest BCUT2D eigenvalue weighted by Gasteiger charge is 2.59. The molecule has 0 amide bonds. The van der Waals surface area contributed by atoms with E-state index in [9.17, 15) is 5.11 Å². The van der Waals surface area contributed by atoms with E-state index in [1.807, 2.05) is 0 Å². The lowest BCUT2D eigenvalue weighted by molar-refractivity contribution is -0.0575. The van der Waals surface area contributed by atoms with Gasteiger partial charge in [0, 0.05) is 0 Å². The molecule has 0 aromatic carbocycles. The number of rotatable bonds is 6. The number of epoxide rings is 1. The third kappa shape index (κ3) is 3.76. The van der Waals surface area contributed by atoms with Crippen LogP contribution in [0.4, 0.5) is 0 Å². The third-order valence-electron chi connectivity index (χ3n) is 11.5. The Labute approximate surface area is 191 Å². The Balaban J connectivity index is 1.28. The predicted octanol–water partition coefficient (Wildman–Crippen LogP) is 7.01. The molecule has 2 nitrogen and oxygen atoms in total. The summed E-state index contributed by atoms with van der Waals surface area (Å²) in [6.07, 6.45) is 16.1. The monoisotopic (exact) mass is 428 g/mol. The van der Waals surface area contributed by atoms with Gasteiger partial charge in [-0.3, -0.25) is 0 Å². The van der Waals surface area contributed by atoms with Crippen LogP contribution in [0.15, 0.2) is 11.6 Å². The van der Waals surface area contributed by atoms with Crippen molar-refractivity contribution in [3.8, 4) is 0 Å². The minimum absolute atomic E-state index is 0.0860. The number of hydrogen-bond donors (Lipinski definition) is 1. The zero-order valence-electron chi connectivity index (χ0n) is 20.9. The van der Waals surface area contributed by atoms with Crippen molar-refractivity contribution in [1.82, 2.24) is 0 Å². The molecule has 2 heteroatoms. The van der Waals surface area contributed by atoms with Gasteiger partial charge in [-0.2, -0.15) is 0 Å². The summed E-state index contributed by atoms with van der Waals surface area (Å²) >= 11 is 0. The van der Waals surface area contributed by atoms with Crippen LogP contribution in [0.5, 0.6) is 0 Å². The van der Waals surface area contributed by atoms with Crippen LogP contribution >= 0.6 is 0 Å². The topological polar surface area (TPSA) is 32.8 Å². The highest BCUT2D eigenvalue weighted by Crippen LogP contribution is 2.67. The van der Waals surface area contributed by atoms with E-state index in [2.05, 4.69) is 40.7 Å². The zero-order chi connectivity index (χ0) is 22.0. The fraction of sp³-hybridized carbons (Fsp3) is 0.931. The van der Waals surface area contributed by atoms with E-state index in [1.54, 1.807) is 5.57 Å². The molecule has 176 valence electrons. The quantitative estimate of drug-likeness (QED) is 0.364. The third-order valence-corrected chi connectivity index (χ3v) is 11.5. The molecule has 0 spiro atoms. The largest absolute Gasteiger partial charge is 0.393 e. The molecule has 0 radical (unpaired) electrons. The Bertz CT molecular complexity index is 691. The molecule has 3 unspecified atom stereocenters. The van der Waals surface area contributed by atoms with Gasteiger partial charge < -0.3 is 9.84 Å². The molecule has 1 aliphatic heterocycles. The average molecular weight is 429 g/mol. The molecule has 1 saturated heterocycles. The Kier molecular flexibility index (Phi) is 5.91. The van der Waals surface area contributed by atoms with Crippen molar-refractivity contribution in [2.75, 3.05) is 6.61 Å². The lowest BCUT2D eigenvalue weighted by atomic mass is 9.47. The van der Waals surface area contributed by atoms with Crippen LogP contribution in [0.3, 0.4) is 0 Å². The lowest BCUT2D eigenvalue weighted by Crippen LogP contribution is -2.50. The first-order valence-corrected chi connectivity index (χ1v) is 13.7. The van der Waals surface area contributed by atoms with Gasteiger partial charge in [0.15, 0.2) is 0 Å². The summed E-state index contributed by atoms with van der Waals surface area (Å²) in [5.41, 5.74) is 2.54. The van der Waals surface area contributed by atoms with Crippen LogP contribution in [-0.2, 0) is 4.74 Å². The maximum Gasteiger partial charge on any atom is 0.0840 e. The molecule has 0 aromatic heterocycles. The second kappa shape index (κ2) is 8.15. The van der Waals surface area contributed by atoms with Crippen molar-refractivity contribution in [2.24, 2.45) is 52.3 Å². The van der Waals surface area contributed by atoms with Crippen LogP contribution in [0.25, 0.3) is 0 Å². The number of ether oxygens (including phenoxy) is 1. The van der Waals surface area contributed by atoms with Gasteiger partial charge >= 0.3 is 0 Å². The first kappa shape index (κ1) is 22.5. The molecule has 3 saturated carbocycles. The predicted molar refractivity (Wildman–Crippen MR) is 128 cm³/mol. The summed E-state index contributed by atoms with van der Waals surface area (Å²) in [5, 5.41) is 10.3. The van der Waals surface area contributed by atoms with E-state index in [0.717, 1.165) is 60.9 Å². The van der Waals surface area contributed by atoms with Crippen LogP contribution in [-0.4, -0.2) is 23.9 Å². The van der Waals surface area contributed by atoms with E-state index in [-0.39, 0.29) is 6.10 Å². The standard InChI is InChI=1S/C29H48O2/c1-18(2)22(27-17-31-27)8-6-19(3)24-10-11-25-23-9-7-20-16-21(30)12-14-28(20,4)26(23)13-15-29(24,25)5/h7,18-19,21-27,30H,6,8-17H2,1-5H3/t19-,21+,22-,23?,24-,25?,26?,27+,28+,29-/m1/s1. The number of allylic oxidation sites excluding steroid dienone is 1. The molecule has 0 aromatic rings. The number of hydrogen-bond acceptors (Lipinski definition) is 2. The summed E-state index contributed by atoms with van der Waals surface area (Å²) in [7, 11) is 0. The number of aliphatic hydroxyl groups is 1. The minimum atomic E-state index is -0.0860.